The summed E-state index contributed by atoms with van der Waals surface area (Å²) < 4.78 is 0. The molecule has 90 valence electrons. The van der Waals surface area contributed by atoms with Crippen LogP contribution in [-0.2, 0) is 0 Å². The molecule has 1 heterocycles. The number of aliphatic hydroxyl groups is 1. The van der Waals surface area contributed by atoms with E-state index in [-0.39, 0.29) is 6.10 Å². The fourth-order valence-electron chi connectivity index (χ4n) is 1.69. The molecule has 0 aromatic carbocycles. The van der Waals surface area contributed by atoms with Gasteiger partial charge in [0.25, 0.3) is 0 Å². The molecule has 0 fully saturated rings. The molecule has 0 saturated carbocycles. The SMILES string of the molecule is CCC(CC)C(O)CNc1ncncc1N. The van der Waals surface area contributed by atoms with E-state index in [9.17, 15) is 5.11 Å². The molecular weight excluding hydrogens is 204 g/mol. The van der Waals surface area contributed by atoms with Crippen LogP contribution in [0.25, 0.3) is 0 Å². The summed E-state index contributed by atoms with van der Waals surface area (Å²) in [5.74, 6) is 0.899. The maximum atomic E-state index is 9.91. The Bertz CT molecular complexity index is 315. The van der Waals surface area contributed by atoms with Crippen molar-refractivity contribution in [3.63, 3.8) is 0 Å². The number of rotatable bonds is 6. The zero-order chi connectivity index (χ0) is 12.0. The molecule has 1 atom stereocenters. The first-order chi connectivity index (χ1) is 7.69. The number of nitrogens with two attached hydrogens (primary N) is 1. The Labute approximate surface area is 96.1 Å². The zero-order valence-corrected chi connectivity index (χ0v) is 9.85. The van der Waals surface area contributed by atoms with Crippen LogP contribution in [0.1, 0.15) is 26.7 Å². The Hall–Kier alpha value is -1.36. The van der Waals surface area contributed by atoms with Crippen LogP contribution in [0, 0.1) is 5.92 Å². The molecule has 0 radical (unpaired) electrons. The van der Waals surface area contributed by atoms with Crippen LogP contribution in [0.5, 0.6) is 0 Å². The number of nitrogens with one attached hydrogen (secondary N) is 1. The second kappa shape index (κ2) is 6.27. The molecule has 1 unspecified atom stereocenters. The molecular formula is C11H20N4O. The molecule has 16 heavy (non-hydrogen) atoms. The molecule has 1 rings (SSSR count). The zero-order valence-electron chi connectivity index (χ0n) is 9.85. The summed E-state index contributed by atoms with van der Waals surface area (Å²) in [5.41, 5.74) is 6.18. The van der Waals surface area contributed by atoms with Crippen LogP contribution in [0.4, 0.5) is 11.5 Å². The average molecular weight is 224 g/mol. The lowest BCUT2D eigenvalue weighted by Gasteiger charge is -2.20. The van der Waals surface area contributed by atoms with Gasteiger partial charge in [-0.2, -0.15) is 0 Å². The third kappa shape index (κ3) is 3.34. The highest BCUT2D eigenvalue weighted by Gasteiger charge is 2.15. The van der Waals surface area contributed by atoms with Crippen LogP contribution in [0.15, 0.2) is 12.5 Å². The molecule has 0 spiro atoms. The van der Waals surface area contributed by atoms with E-state index in [4.69, 9.17) is 5.73 Å². The van der Waals surface area contributed by atoms with Gasteiger partial charge in [-0.1, -0.05) is 26.7 Å². The van der Waals surface area contributed by atoms with E-state index in [2.05, 4.69) is 29.1 Å². The molecule has 4 N–H and O–H groups in total. The first kappa shape index (κ1) is 12.7. The number of aliphatic hydroxyl groups excluding tert-OH is 1. The molecule has 5 nitrogen and oxygen atoms in total. The standard InChI is InChI=1S/C11H20N4O/c1-3-8(4-2)10(16)6-14-11-9(12)5-13-7-15-11/h5,7-8,10,16H,3-4,6,12H2,1-2H3,(H,13,14,15). The van der Waals surface area contributed by atoms with Gasteiger partial charge in [0.2, 0.25) is 0 Å². The fraction of sp³-hybridized carbons (Fsp3) is 0.636. The predicted octanol–water partition coefficient (Wildman–Crippen LogP) is 1.27. The molecule has 5 heteroatoms. The summed E-state index contributed by atoms with van der Waals surface area (Å²) in [5, 5.41) is 13.0. The van der Waals surface area contributed by atoms with Gasteiger partial charge in [0, 0.05) is 6.54 Å². The smallest absolute Gasteiger partial charge is 0.152 e. The summed E-state index contributed by atoms with van der Waals surface area (Å²) in [6.07, 6.45) is 4.54. The second-order valence-electron chi connectivity index (χ2n) is 3.85. The third-order valence-electron chi connectivity index (χ3n) is 2.81. The Morgan fingerprint density at radius 1 is 1.44 bits per heavy atom. The van der Waals surface area contributed by atoms with Crippen LogP contribution in [-0.4, -0.2) is 27.7 Å². The van der Waals surface area contributed by atoms with E-state index in [0.29, 0.717) is 24.0 Å². The highest BCUT2D eigenvalue weighted by Crippen LogP contribution is 2.15. The van der Waals surface area contributed by atoms with E-state index in [1.165, 1.54) is 6.33 Å². The van der Waals surface area contributed by atoms with Gasteiger partial charge in [-0.25, -0.2) is 9.97 Å². The van der Waals surface area contributed by atoms with Crippen LogP contribution < -0.4 is 11.1 Å². The van der Waals surface area contributed by atoms with Crippen molar-refractivity contribution in [1.29, 1.82) is 0 Å². The van der Waals surface area contributed by atoms with Crippen molar-refractivity contribution in [2.24, 2.45) is 5.92 Å². The predicted molar refractivity (Wildman–Crippen MR) is 65.0 cm³/mol. The van der Waals surface area contributed by atoms with E-state index in [1.807, 2.05) is 0 Å². The fourth-order valence-corrected chi connectivity index (χ4v) is 1.69. The maximum absolute atomic E-state index is 9.91. The summed E-state index contributed by atoms with van der Waals surface area (Å²) in [6.45, 7) is 4.63. The van der Waals surface area contributed by atoms with E-state index in [1.54, 1.807) is 6.20 Å². The van der Waals surface area contributed by atoms with Crippen molar-refractivity contribution >= 4 is 11.5 Å². The first-order valence-electron chi connectivity index (χ1n) is 5.66. The van der Waals surface area contributed by atoms with Gasteiger partial charge in [-0.05, 0) is 5.92 Å². The highest BCUT2D eigenvalue weighted by atomic mass is 16.3. The minimum absolute atomic E-state index is 0.315. The molecule has 0 aliphatic carbocycles. The molecule has 0 aliphatic heterocycles. The topological polar surface area (TPSA) is 84.1 Å². The number of anilines is 2. The highest BCUT2D eigenvalue weighted by molar-refractivity contribution is 5.58. The van der Waals surface area contributed by atoms with Gasteiger partial charge in [0.05, 0.1) is 18.0 Å². The number of hydrogen-bond acceptors (Lipinski definition) is 5. The Kier molecular flexibility index (Phi) is 4.98. The lowest BCUT2D eigenvalue weighted by atomic mass is 9.96. The van der Waals surface area contributed by atoms with E-state index < -0.39 is 0 Å². The Balaban J connectivity index is 2.48. The number of nitrogens with zero attached hydrogens (tertiary/aromatic N) is 2. The van der Waals surface area contributed by atoms with Crippen LogP contribution in [0.3, 0.4) is 0 Å². The van der Waals surface area contributed by atoms with Crippen molar-refractivity contribution in [2.45, 2.75) is 32.8 Å². The first-order valence-corrected chi connectivity index (χ1v) is 5.66. The third-order valence-corrected chi connectivity index (χ3v) is 2.81. The average Bonchev–Trinajstić information content (AvgIpc) is 2.29. The van der Waals surface area contributed by atoms with Gasteiger partial charge in [-0.3, -0.25) is 0 Å². The number of aromatic nitrogens is 2. The van der Waals surface area contributed by atoms with E-state index >= 15 is 0 Å². The number of hydrogen-bond donors (Lipinski definition) is 3. The molecule has 1 aromatic heterocycles. The molecule has 1 aromatic rings. The lowest BCUT2D eigenvalue weighted by molar-refractivity contribution is 0.114. The largest absolute Gasteiger partial charge is 0.394 e. The van der Waals surface area contributed by atoms with Crippen molar-refractivity contribution in [2.75, 3.05) is 17.6 Å². The van der Waals surface area contributed by atoms with E-state index in [0.717, 1.165) is 12.8 Å². The molecule has 0 bridgehead atoms. The molecule has 0 amide bonds. The van der Waals surface area contributed by atoms with Crippen LogP contribution in [0.2, 0.25) is 0 Å². The maximum Gasteiger partial charge on any atom is 0.152 e. The Morgan fingerprint density at radius 3 is 2.69 bits per heavy atom. The quantitative estimate of drug-likeness (QED) is 0.677. The lowest BCUT2D eigenvalue weighted by Crippen LogP contribution is -2.28. The van der Waals surface area contributed by atoms with Crippen molar-refractivity contribution in [1.82, 2.24) is 9.97 Å². The summed E-state index contributed by atoms with van der Waals surface area (Å²) >= 11 is 0. The number of nitrogen functional groups attached to an aromatic ring is 1. The van der Waals surface area contributed by atoms with Gasteiger partial charge in [0.15, 0.2) is 5.82 Å². The van der Waals surface area contributed by atoms with Crippen molar-refractivity contribution in [3.05, 3.63) is 12.5 Å². The van der Waals surface area contributed by atoms with Gasteiger partial charge < -0.3 is 16.2 Å². The summed E-state index contributed by atoms with van der Waals surface area (Å²) in [6, 6.07) is 0. The molecule has 0 saturated heterocycles. The van der Waals surface area contributed by atoms with Crippen LogP contribution >= 0.6 is 0 Å². The summed E-state index contributed by atoms with van der Waals surface area (Å²) in [7, 11) is 0. The minimum atomic E-state index is -0.371. The molecule has 0 aliphatic rings. The Morgan fingerprint density at radius 2 is 2.12 bits per heavy atom. The van der Waals surface area contributed by atoms with Gasteiger partial charge in [0.1, 0.15) is 6.33 Å². The second-order valence-corrected chi connectivity index (χ2v) is 3.85. The van der Waals surface area contributed by atoms with Crippen molar-refractivity contribution < 1.29 is 5.11 Å². The van der Waals surface area contributed by atoms with Gasteiger partial charge in [-0.15, -0.1) is 0 Å². The monoisotopic (exact) mass is 224 g/mol. The minimum Gasteiger partial charge on any atom is -0.394 e. The normalized spacial score (nSPS) is 12.8. The van der Waals surface area contributed by atoms with Crippen molar-refractivity contribution in [3.8, 4) is 0 Å². The van der Waals surface area contributed by atoms with Gasteiger partial charge >= 0.3 is 0 Å². The summed E-state index contributed by atoms with van der Waals surface area (Å²) in [4.78, 5) is 7.80.